The van der Waals surface area contributed by atoms with Crippen molar-refractivity contribution in [1.82, 2.24) is 9.62 Å². The van der Waals surface area contributed by atoms with Gasteiger partial charge in [-0.05, 0) is 62.1 Å². The van der Waals surface area contributed by atoms with E-state index in [1.54, 1.807) is 18.2 Å². The minimum Gasteiger partial charge on any atom is -0.367 e. The Morgan fingerprint density at radius 3 is 2.59 bits per heavy atom. The predicted molar refractivity (Wildman–Crippen MR) is 116 cm³/mol. The van der Waals surface area contributed by atoms with Crippen molar-refractivity contribution in [2.75, 3.05) is 25.5 Å². The van der Waals surface area contributed by atoms with Crippen LogP contribution in [-0.2, 0) is 23.0 Å². The van der Waals surface area contributed by atoms with Crippen molar-refractivity contribution in [2.45, 2.75) is 44.2 Å². The summed E-state index contributed by atoms with van der Waals surface area (Å²) in [6, 6.07) is 13.0. The highest BCUT2D eigenvalue weighted by atomic mass is 32.2. The van der Waals surface area contributed by atoms with E-state index < -0.39 is 10.0 Å². The number of carbonyl (C=O) groups is 1. The molecule has 1 aliphatic rings. The molecule has 3 rings (SSSR count). The van der Waals surface area contributed by atoms with Crippen LogP contribution in [0, 0.1) is 0 Å². The molecule has 0 atom stereocenters. The molecule has 1 N–H and O–H groups in total. The Bertz CT molecular complexity index is 1000. The molecule has 1 heterocycles. The van der Waals surface area contributed by atoms with Crippen molar-refractivity contribution >= 4 is 21.6 Å². The molecular weight excluding hydrogens is 386 g/mol. The molecule has 1 amide bonds. The molecule has 6 nitrogen and oxygen atoms in total. The molecule has 0 aromatic heterocycles. The van der Waals surface area contributed by atoms with Gasteiger partial charge in [-0.3, -0.25) is 4.79 Å². The van der Waals surface area contributed by atoms with Gasteiger partial charge in [-0.2, -0.15) is 0 Å². The zero-order valence-corrected chi connectivity index (χ0v) is 18.3. The summed E-state index contributed by atoms with van der Waals surface area (Å²) in [5.74, 6) is -0.0437. The Kier molecular flexibility index (Phi) is 6.29. The van der Waals surface area contributed by atoms with Gasteiger partial charge in [-0.15, -0.1) is 0 Å². The van der Waals surface area contributed by atoms with Gasteiger partial charge in [0.25, 0.3) is 5.91 Å². The molecule has 29 heavy (non-hydrogen) atoms. The van der Waals surface area contributed by atoms with Crippen molar-refractivity contribution in [3.05, 3.63) is 59.2 Å². The summed E-state index contributed by atoms with van der Waals surface area (Å²) in [6.45, 7) is 5.37. The smallest absolute Gasteiger partial charge is 0.251 e. The third-order valence-corrected chi connectivity index (χ3v) is 6.87. The van der Waals surface area contributed by atoms with Crippen LogP contribution in [0.3, 0.4) is 0 Å². The van der Waals surface area contributed by atoms with Crippen molar-refractivity contribution in [3.63, 3.8) is 0 Å². The number of anilines is 1. The largest absolute Gasteiger partial charge is 0.367 e. The lowest BCUT2D eigenvalue weighted by atomic mass is 9.95. The average Bonchev–Trinajstić information content (AvgIpc) is 2.67. The Morgan fingerprint density at radius 1 is 1.17 bits per heavy atom. The van der Waals surface area contributed by atoms with Gasteiger partial charge in [0.1, 0.15) is 0 Å². The summed E-state index contributed by atoms with van der Waals surface area (Å²) in [4.78, 5) is 15.1. The molecule has 7 heteroatoms. The van der Waals surface area contributed by atoms with E-state index in [0.29, 0.717) is 11.4 Å². The van der Waals surface area contributed by atoms with Gasteiger partial charge in [-0.25, -0.2) is 12.7 Å². The maximum absolute atomic E-state index is 12.6. The molecule has 0 aliphatic carbocycles. The normalized spacial score (nSPS) is 14.2. The number of nitrogens with zero attached hydrogens (tertiary/aromatic N) is 2. The minimum absolute atomic E-state index is 0.0437. The number of hydrogen-bond acceptors (Lipinski definition) is 4. The first-order valence-corrected chi connectivity index (χ1v) is 11.3. The van der Waals surface area contributed by atoms with Crippen LogP contribution in [0.15, 0.2) is 47.4 Å². The summed E-state index contributed by atoms with van der Waals surface area (Å²) >= 11 is 0. The van der Waals surface area contributed by atoms with Crippen LogP contribution in [-0.4, -0.2) is 45.3 Å². The van der Waals surface area contributed by atoms with E-state index in [4.69, 9.17) is 0 Å². The standard InChI is InChI=1S/C22H29N3O3S/c1-16(2)23-22(26)20-10-6-12-21-19(20)11-7-13-25(21)15-17-8-5-9-18(14-17)29(27,28)24(3)4/h5-6,8-10,12,14,16H,7,11,13,15H2,1-4H3,(H,23,26). The lowest BCUT2D eigenvalue weighted by Crippen LogP contribution is -2.34. The first-order chi connectivity index (χ1) is 13.7. The lowest BCUT2D eigenvalue weighted by molar-refractivity contribution is 0.0942. The van der Waals surface area contributed by atoms with Crippen molar-refractivity contribution in [2.24, 2.45) is 0 Å². The first kappa shape index (κ1) is 21.3. The number of hydrogen-bond donors (Lipinski definition) is 1. The van der Waals surface area contributed by atoms with E-state index in [-0.39, 0.29) is 11.9 Å². The van der Waals surface area contributed by atoms with Crippen LogP contribution in [0.2, 0.25) is 0 Å². The van der Waals surface area contributed by atoms with Gasteiger partial charge in [0.15, 0.2) is 0 Å². The van der Waals surface area contributed by atoms with Crippen molar-refractivity contribution < 1.29 is 13.2 Å². The Hall–Kier alpha value is -2.38. The number of benzene rings is 2. The SMILES string of the molecule is CC(C)NC(=O)c1cccc2c1CCCN2Cc1cccc(S(=O)(=O)N(C)C)c1. The highest BCUT2D eigenvalue weighted by molar-refractivity contribution is 7.89. The zero-order valence-electron chi connectivity index (χ0n) is 17.5. The Balaban J connectivity index is 1.90. The number of fused-ring (bicyclic) bond motifs is 1. The summed E-state index contributed by atoms with van der Waals surface area (Å²) < 4.78 is 26.1. The maximum atomic E-state index is 12.6. The molecule has 2 aromatic rings. The van der Waals surface area contributed by atoms with E-state index in [1.165, 1.54) is 18.4 Å². The summed E-state index contributed by atoms with van der Waals surface area (Å²) in [5.41, 5.74) is 3.77. The maximum Gasteiger partial charge on any atom is 0.251 e. The fourth-order valence-electron chi connectivity index (χ4n) is 3.65. The fraction of sp³-hybridized carbons (Fsp3) is 0.409. The monoisotopic (exact) mass is 415 g/mol. The molecule has 0 saturated heterocycles. The fourth-order valence-corrected chi connectivity index (χ4v) is 4.63. The molecule has 0 bridgehead atoms. The minimum atomic E-state index is -3.47. The first-order valence-electron chi connectivity index (χ1n) is 9.89. The lowest BCUT2D eigenvalue weighted by Gasteiger charge is -2.32. The van der Waals surface area contributed by atoms with E-state index in [9.17, 15) is 13.2 Å². The topological polar surface area (TPSA) is 69.7 Å². The highest BCUT2D eigenvalue weighted by Gasteiger charge is 2.23. The van der Waals surface area contributed by atoms with Crippen LogP contribution in [0.1, 0.15) is 41.8 Å². The molecular formula is C22H29N3O3S. The van der Waals surface area contributed by atoms with Crippen LogP contribution in [0.4, 0.5) is 5.69 Å². The third-order valence-electron chi connectivity index (χ3n) is 5.06. The van der Waals surface area contributed by atoms with E-state index in [1.807, 2.05) is 38.1 Å². The molecule has 156 valence electrons. The van der Waals surface area contributed by atoms with E-state index in [0.717, 1.165) is 41.8 Å². The highest BCUT2D eigenvalue weighted by Crippen LogP contribution is 2.31. The van der Waals surface area contributed by atoms with Gasteiger partial charge >= 0.3 is 0 Å². The second-order valence-corrected chi connectivity index (χ2v) is 10.0. The molecule has 0 spiro atoms. The van der Waals surface area contributed by atoms with Crippen LogP contribution >= 0.6 is 0 Å². The van der Waals surface area contributed by atoms with E-state index in [2.05, 4.69) is 10.2 Å². The van der Waals surface area contributed by atoms with Crippen molar-refractivity contribution in [1.29, 1.82) is 0 Å². The van der Waals surface area contributed by atoms with Gasteiger partial charge < -0.3 is 10.2 Å². The molecule has 1 aliphatic heterocycles. The second kappa shape index (κ2) is 8.55. The number of amides is 1. The van der Waals surface area contributed by atoms with E-state index >= 15 is 0 Å². The Morgan fingerprint density at radius 2 is 1.90 bits per heavy atom. The van der Waals surface area contributed by atoms with Gasteiger partial charge in [0, 0.05) is 44.5 Å². The van der Waals surface area contributed by atoms with Gasteiger partial charge in [0.2, 0.25) is 10.0 Å². The van der Waals surface area contributed by atoms with Gasteiger partial charge in [-0.1, -0.05) is 18.2 Å². The zero-order chi connectivity index (χ0) is 21.2. The number of carbonyl (C=O) groups excluding carboxylic acids is 1. The predicted octanol–water partition coefficient (Wildman–Crippen LogP) is 3.03. The molecule has 0 saturated carbocycles. The molecule has 2 aromatic carbocycles. The number of sulfonamides is 1. The average molecular weight is 416 g/mol. The van der Waals surface area contributed by atoms with Gasteiger partial charge in [0.05, 0.1) is 4.90 Å². The summed E-state index contributed by atoms with van der Waals surface area (Å²) in [5, 5.41) is 2.98. The Labute approximate surface area is 173 Å². The quantitative estimate of drug-likeness (QED) is 0.787. The van der Waals surface area contributed by atoms with Crippen LogP contribution in [0.25, 0.3) is 0 Å². The molecule has 0 radical (unpaired) electrons. The molecule has 0 fully saturated rings. The van der Waals surface area contributed by atoms with Crippen LogP contribution in [0.5, 0.6) is 0 Å². The number of rotatable bonds is 6. The number of nitrogens with one attached hydrogen (secondary N) is 1. The van der Waals surface area contributed by atoms with Crippen LogP contribution < -0.4 is 10.2 Å². The molecule has 0 unspecified atom stereocenters. The summed E-state index contributed by atoms with van der Waals surface area (Å²) in [7, 11) is -0.400. The second-order valence-electron chi connectivity index (χ2n) is 7.89. The third kappa shape index (κ3) is 4.62. The summed E-state index contributed by atoms with van der Waals surface area (Å²) in [6.07, 6.45) is 1.82. The van der Waals surface area contributed by atoms with Crippen molar-refractivity contribution in [3.8, 4) is 0 Å².